The summed E-state index contributed by atoms with van der Waals surface area (Å²) in [6.45, 7) is 6.31. The highest BCUT2D eigenvalue weighted by Gasteiger charge is 2.15. The van der Waals surface area contributed by atoms with Gasteiger partial charge in [-0.25, -0.2) is 0 Å². The van der Waals surface area contributed by atoms with E-state index < -0.39 is 0 Å². The number of ether oxygens (including phenoxy) is 1. The van der Waals surface area contributed by atoms with Crippen molar-refractivity contribution in [3.05, 3.63) is 29.3 Å². The number of rotatable bonds is 5. The first-order chi connectivity index (χ1) is 8.12. The standard InChI is InChI=1S/C15H21NO/c1-5-12-6-7-15(17-4)13(8-12)9-14(10-16)11(2)3/h6-8,11,14H,5,9H2,1-4H3. The molecule has 0 saturated carbocycles. The third-order valence-electron chi connectivity index (χ3n) is 3.16. The Morgan fingerprint density at radius 1 is 1.35 bits per heavy atom. The summed E-state index contributed by atoms with van der Waals surface area (Å²) in [5, 5.41) is 9.16. The molecule has 0 amide bonds. The van der Waals surface area contributed by atoms with Crippen molar-refractivity contribution < 1.29 is 4.74 Å². The minimum absolute atomic E-state index is 0.0519. The van der Waals surface area contributed by atoms with Gasteiger partial charge in [-0.15, -0.1) is 0 Å². The van der Waals surface area contributed by atoms with Gasteiger partial charge in [0.1, 0.15) is 5.75 Å². The van der Waals surface area contributed by atoms with E-state index in [1.807, 2.05) is 6.07 Å². The Kier molecular flexibility index (Phi) is 5.03. The molecule has 0 heterocycles. The third kappa shape index (κ3) is 3.49. The first-order valence-corrected chi connectivity index (χ1v) is 6.17. The number of nitriles is 1. The van der Waals surface area contributed by atoms with Crippen LogP contribution in [0.4, 0.5) is 0 Å². The van der Waals surface area contributed by atoms with E-state index in [1.54, 1.807) is 7.11 Å². The predicted octanol–water partition coefficient (Wildman–Crippen LogP) is 3.60. The van der Waals surface area contributed by atoms with Crippen LogP contribution in [-0.2, 0) is 12.8 Å². The molecular formula is C15H21NO. The van der Waals surface area contributed by atoms with Gasteiger partial charge in [-0.2, -0.15) is 5.26 Å². The van der Waals surface area contributed by atoms with Crippen molar-refractivity contribution >= 4 is 0 Å². The summed E-state index contributed by atoms with van der Waals surface area (Å²) in [6.07, 6.45) is 1.78. The predicted molar refractivity (Wildman–Crippen MR) is 70.0 cm³/mol. The summed E-state index contributed by atoms with van der Waals surface area (Å²) in [5.41, 5.74) is 2.44. The van der Waals surface area contributed by atoms with Gasteiger partial charge in [-0.05, 0) is 36.0 Å². The number of hydrogen-bond donors (Lipinski definition) is 0. The van der Waals surface area contributed by atoms with Gasteiger partial charge in [0, 0.05) is 0 Å². The molecule has 0 saturated heterocycles. The normalized spacial score (nSPS) is 12.2. The molecule has 0 bridgehead atoms. The lowest BCUT2D eigenvalue weighted by molar-refractivity contribution is 0.400. The fraction of sp³-hybridized carbons (Fsp3) is 0.533. The molecule has 1 aromatic rings. The second kappa shape index (κ2) is 6.30. The maximum Gasteiger partial charge on any atom is 0.122 e. The Morgan fingerprint density at radius 2 is 2.06 bits per heavy atom. The lowest BCUT2D eigenvalue weighted by Gasteiger charge is -2.16. The van der Waals surface area contributed by atoms with E-state index in [4.69, 9.17) is 10.00 Å². The summed E-state index contributed by atoms with van der Waals surface area (Å²) < 4.78 is 5.36. The fourth-order valence-corrected chi connectivity index (χ4v) is 1.88. The summed E-state index contributed by atoms with van der Waals surface area (Å²) in [5.74, 6) is 1.31. The van der Waals surface area contributed by atoms with E-state index in [9.17, 15) is 0 Å². The molecule has 2 heteroatoms. The van der Waals surface area contributed by atoms with Crippen LogP contribution >= 0.6 is 0 Å². The molecule has 92 valence electrons. The molecule has 0 aliphatic heterocycles. The van der Waals surface area contributed by atoms with Crippen LogP contribution in [0.25, 0.3) is 0 Å². The molecule has 0 radical (unpaired) electrons. The van der Waals surface area contributed by atoms with Gasteiger partial charge in [0.2, 0.25) is 0 Å². The lowest BCUT2D eigenvalue weighted by Crippen LogP contribution is -2.10. The summed E-state index contributed by atoms with van der Waals surface area (Å²) >= 11 is 0. The number of benzene rings is 1. The van der Waals surface area contributed by atoms with E-state index in [0.717, 1.165) is 24.2 Å². The molecule has 0 N–H and O–H groups in total. The zero-order chi connectivity index (χ0) is 12.8. The first-order valence-electron chi connectivity index (χ1n) is 6.17. The van der Waals surface area contributed by atoms with Crippen molar-refractivity contribution in [1.82, 2.24) is 0 Å². The Balaban J connectivity index is 2.98. The van der Waals surface area contributed by atoms with E-state index in [1.165, 1.54) is 5.56 Å². The van der Waals surface area contributed by atoms with Crippen molar-refractivity contribution in [3.63, 3.8) is 0 Å². The molecule has 0 aliphatic carbocycles. The van der Waals surface area contributed by atoms with E-state index in [0.29, 0.717) is 5.92 Å². The van der Waals surface area contributed by atoms with Crippen molar-refractivity contribution in [2.24, 2.45) is 11.8 Å². The summed E-state index contributed by atoms with van der Waals surface area (Å²) in [6, 6.07) is 8.63. The SMILES string of the molecule is CCc1ccc(OC)c(CC(C#N)C(C)C)c1. The van der Waals surface area contributed by atoms with Crippen LogP contribution in [0.5, 0.6) is 5.75 Å². The average Bonchev–Trinajstić information content (AvgIpc) is 2.35. The maximum atomic E-state index is 9.16. The van der Waals surface area contributed by atoms with Crippen LogP contribution in [0.1, 0.15) is 31.9 Å². The van der Waals surface area contributed by atoms with Gasteiger partial charge in [-0.3, -0.25) is 0 Å². The molecule has 0 spiro atoms. The fourth-order valence-electron chi connectivity index (χ4n) is 1.88. The first kappa shape index (κ1) is 13.6. The highest BCUT2D eigenvalue weighted by Crippen LogP contribution is 2.25. The highest BCUT2D eigenvalue weighted by atomic mass is 16.5. The van der Waals surface area contributed by atoms with Gasteiger partial charge in [0.15, 0.2) is 0 Å². The Morgan fingerprint density at radius 3 is 2.53 bits per heavy atom. The molecule has 0 fully saturated rings. The zero-order valence-corrected chi connectivity index (χ0v) is 11.2. The number of nitrogens with zero attached hydrogens (tertiary/aromatic N) is 1. The monoisotopic (exact) mass is 231 g/mol. The molecule has 1 atom stereocenters. The number of hydrogen-bond acceptors (Lipinski definition) is 2. The van der Waals surface area contributed by atoms with E-state index >= 15 is 0 Å². The van der Waals surface area contributed by atoms with Crippen LogP contribution in [-0.4, -0.2) is 7.11 Å². The molecule has 17 heavy (non-hydrogen) atoms. The second-order valence-corrected chi connectivity index (χ2v) is 4.68. The van der Waals surface area contributed by atoms with Crippen LogP contribution in [0, 0.1) is 23.2 Å². The molecule has 0 aromatic heterocycles. The van der Waals surface area contributed by atoms with Crippen LogP contribution in [0.3, 0.4) is 0 Å². The van der Waals surface area contributed by atoms with Crippen molar-refractivity contribution in [3.8, 4) is 11.8 Å². The summed E-state index contributed by atoms with van der Waals surface area (Å²) in [4.78, 5) is 0. The lowest BCUT2D eigenvalue weighted by atomic mass is 9.89. The molecule has 1 aromatic carbocycles. The molecule has 2 nitrogen and oxygen atoms in total. The quantitative estimate of drug-likeness (QED) is 0.775. The largest absolute Gasteiger partial charge is 0.496 e. The molecular weight excluding hydrogens is 210 g/mol. The average molecular weight is 231 g/mol. The second-order valence-electron chi connectivity index (χ2n) is 4.68. The van der Waals surface area contributed by atoms with Gasteiger partial charge in [0.05, 0.1) is 19.1 Å². The Bertz CT molecular complexity index is 404. The van der Waals surface area contributed by atoms with Crippen molar-refractivity contribution in [2.75, 3.05) is 7.11 Å². The summed E-state index contributed by atoms with van der Waals surface area (Å²) in [7, 11) is 1.68. The van der Waals surface area contributed by atoms with Crippen molar-refractivity contribution in [1.29, 1.82) is 5.26 Å². The smallest absolute Gasteiger partial charge is 0.122 e. The van der Waals surface area contributed by atoms with Gasteiger partial charge in [-0.1, -0.05) is 32.9 Å². The van der Waals surface area contributed by atoms with Crippen LogP contribution in [0.15, 0.2) is 18.2 Å². The Hall–Kier alpha value is -1.49. The minimum atomic E-state index is 0.0519. The number of methoxy groups -OCH3 is 1. The zero-order valence-electron chi connectivity index (χ0n) is 11.2. The number of aryl methyl sites for hydroxylation is 1. The van der Waals surface area contributed by atoms with Crippen LogP contribution in [0.2, 0.25) is 0 Å². The highest BCUT2D eigenvalue weighted by molar-refractivity contribution is 5.38. The van der Waals surface area contributed by atoms with Crippen molar-refractivity contribution in [2.45, 2.75) is 33.6 Å². The third-order valence-corrected chi connectivity index (χ3v) is 3.16. The Labute approximate surface area is 104 Å². The molecule has 1 unspecified atom stereocenters. The van der Waals surface area contributed by atoms with Crippen LogP contribution < -0.4 is 4.74 Å². The van der Waals surface area contributed by atoms with Gasteiger partial charge >= 0.3 is 0 Å². The topological polar surface area (TPSA) is 33.0 Å². The molecule has 1 rings (SSSR count). The molecule has 0 aliphatic rings. The van der Waals surface area contributed by atoms with Gasteiger partial charge in [0.25, 0.3) is 0 Å². The van der Waals surface area contributed by atoms with E-state index in [2.05, 4.69) is 39.0 Å². The van der Waals surface area contributed by atoms with Gasteiger partial charge < -0.3 is 4.74 Å². The maximum absolute atomic E-state index is 9.16. The minimum Gasteiger partial charge on any atom is -0.496 e. The van der Waals surface area contributed by atoms with E-state index in [-0.39, 0.29) is 5.92 Å².